The first-order chi connectivity index (χ1) is 15.4. The highest BCUT2D eigenvalue weighted by molar-refractivity contribution is 5.93. The number of halogens is 2. The molecule has 3 heterocycles. The SMILES string of the molecule is COC(=O)c1cc(F)c(N2CCC3(CC2)CC(=O)C3)cc1Oc1cnc2[nH]cc(F)c2c1. The monoisotopic (exact) mass is 441 g/mol. The number of nitrogens with zero attached hydrogens (tertiary/aromatic N) is 2. The summed E-state index contributed by atoms with van der Waals surface area (Å²) in [5.74, 6) is -1.23. The van der Waals surface area contributed by atoms with E-state index >= 15 is 0 Å². The number of aromatic nitrogens is 2. The Morgan fingerprint density at radius 1 is 1.16 bits per heavy atom. The van der Waals surface area contributed by atoms with Gasteiger partial charge in [0.15, 0.2) is 0 Å². The van der Waals surface area contributed by atoms with Crippen molar-refractivity contribution in [1.82, 2.24) is 9.97 Å². The van der Waals surface area contributed by atoms with Crippen LogP contribution >= 0.6 is 0 Å². The van der Waals surface area contributed by atoms with E-state index in [9.17, 15) is 18.4 Å². The summed E-state index contributed by atoms with van der Waals surface area (Å²) in [6.07, 6.45) is 5.39. The number of fused-ring (bicyclic) bond motifs is 1. The minimum atomic E-state index is -0.752. The number of Topliss-reactive ketones (excluding diaryl/α,β-unsaturated/α-hetero) is 1. The van der Waals surface area contributed by atoms with Crippen LogP contribution in [-0.2, 0) is 9.53 Å². The first kappa shape index (κ1) is 20.4. The van der Waals surface area contributed by atoms with E-state index < -0.39 is 17.6 Å². The molecule has 1 aromatic carbocycles. The van der Waals surface area contributed by atoms with E-state index in [4.69, 9.17) is 9.47 Å². The predicted molar refractivity (Wildman–Crippen MR) is 112 cm³/mol. The number of ketones is 1. The Labute approximate surface area is 182 Å². The fourth-order valence-corrected chi connectivity index (χ4v) is 4.63. The van der Waals surface area contributed by atoms with Gasteiger partial charge >= 0.3 is 5.97 Å². The Hall–Kier alpha value is -3.49. The maximum Gasteiger partial charge on any atom is 0.341 e. The van der Waals surface area contributed by atoms with Crippen LogP contribution in [0.3, 0.4) is 0 Å². The van der Waals surface area contributed by atoms with Gasteiger partial charge in [0, 0.05) is 38.2 Å². The van der Waals surface area contributed by atoms with Gasteiger partial charge in [-0.2, -0.15) is 0 Å². The number of benzene rings is 1. The van der Waals surface area contributed by atoms with Crippen LogP contribution in [0.4, 0.5) is 14.5 Å². The lowest BCUT2D eigenvalue weighted by Gasteiger charge is -2.47. The lowest BCUT2D eigenvalue weighted by atomic mass is 9.62. The molecule has 0 amide bonds. The van der Waals surface area contributed by atoms with Crippen molar-refractivity contribution in [1.29, 1.82) is 0 Å². The number of hydrogen-bond donors (Lipinski definition) is 1. The van der Waals surface area contributed by atoms with Gasteiger partial charge in [0.2, 0.25) is 0 Å². The van der Waals surface area contributed by atoms with Gasteiger partial charge in [0.1, 0.15) is 40.1 Å². The minimum Gasteiger partial charge on any atom is -0.465 e. The molecule has 0 radical (unpaired) electrons. The molecule has 0 bridgehead atoms. The largest absolute Gasteiger partial charge is 0.465 e. The Bertz CT molecular complexity index is 1220. The van der Waals surface area contributed by atoms with Gasteiger partial charge in [0.25, 0.3) is 0 Å². The number of methoxy groups -OCH3 is 1. The molecule has 2 aromatic heterocycles. The van der Waals surface area contributed by atoms with Gasteiger partial charge in [0.05, 0.1) is 24.4 Å². The molecule has 32 heavy (non-hydrogen) atoms. The second-order valence-electron chi connectivity index (χ2n) is 8.48. The van der Waals surface area contributed by atoms with E-state index in [1.807, 2.05) is 4.90 Å². The second kappa shape index (κ2) is 7.58. The van der Waals surface area contributed by atoms with E-state index in [2.05, 4.69) is 9.97 Å². The molecule has 1 spiro atoms. The highest BCUT2D eigenvalue weighted by Crippen LogP contribution is 2.47. The van der Waals surface area contributed by atoms with Gasteiger partial charge in [-0.3, -0.25) is 4.79 Å². The Balaban J connectivity index is 1.46. The molecular weight excluding hydrogens is 420 g/mol. The number of H-pyrrole nitrogens is 1. The number of carbonyl (C=O) groups is 2. The van der Waals surface area contributed by atoms with Crippen molar-refractivity contribution in [2.45, 2.75) is 25.7 Å². The highest BCUT2D eigenvalue weighted by Gasteiger charge is 2.45. The third-order valence-corrected chi connectivity index (χ3v) is 6.45. The number of hydrogen-bond acceptors (Lipinski definition) is 6. The van der Waals surface area contributed by atoms with E-state index in [1.54, 1.807) is 0 Å². The maximum absolute atomic E-state index is 15.0. The van der Waals surface area contributed by atoms with Gasteiger partial charge in [-0.05, 0) is 30.4 Å². The summed E-state index contributed by atoms with van der Waals surface area (Å²) in [7, 11) is 1.20. The summed E-state index contributed by atoms with van der Waals surface area (Å²) < 4.78 is 39.6. The van der Waals surface area contributed by atoms with Crippen molar-refractivity contribution in [3.8, 4) is 11.5 Å². The molecule has 1 saturated carbocycles. The average Bonchev–Trinajstić information content (AvgIpc) is 3.14. The van der Waals surface area contributed by atoms with Crippen LogP contribution in [0.1, 0.15) is 36.0 Å². The number of ether oxygens (including phenoxy) is 2. The Morgan fingerprint density at radius 3 is 2.59 bits per heavy atom. The molecule has 0 unspecified atom stereocenters. The van der Waals surface area contributed by atoms with Crippen LogP contribution in [0.15, 0.2) is 30.6 Å². The van der Waals surface area contributed by atoms with E-state index in [-0.39, 0.29) is 33.6 Å². The number of anilines is 1. The van der Waals surface area contributed by atoms with Gasteiger partial charge in [-0.1, -0.05) is 0 Å². The van der Waals surface area contributed by atoms with Crippen LogP contribution in [0.5, 0.6) is 11.5 Å². The lowest BCUT2D eigenvalue weighted by Crippen LogP contribution is -2.47. The van der Waals surface area contributed by atoms with E-state index in [0.29, 0.717) is 37.3 Å². The third kappa shape index (κ3) is 3.47. The molecule has 2 aliphatic rings. The van der Waals surface area contributed by atoms with Gasteiger partial charge in [-0.25, -0.2) is 18.6 Å². The zero-order valence-corrected chi connectivity index (χ0v) is 17.4. The van der Waals surface area contributed by atoms with Crippen LogP contribution in [-0.4, -0.2) is 41.9 Å². The fourth-order valence-electron chi connectivity index (χ4n) is 4.63. The van der Waals surface area contributed by atoms with Crippen LogP contribution < -0.4 is 9.64 Å². The molecule has 5 rings (SSSR count). The van der Waals surface area contributed by atoms with Crippen molar-refractivity contribution in [2.24, 2.45) is 5.41 Å². The van der Waals surface area contributed by atoms with E-state index in [0.717, 1.165) is 18.9 Å². The fraction of sp³-hybridized carbons (Fsp3) is 0.348. The van der Waals surface area contributed by atoms with Crippen molar-refractivity contribution < 1.29 is 27.8 Å². The van der Waals surface area contributed by atoms with Crippen LogP contribution in [0.25, 0.3) is 11.0 Å². The van der Waals surface area contributed by atoms with Crippen molar-refractivity contribution >= 4 is 28.5 Å². The van der Waals surface area contributed by atoms with E-state index in [1.165, 1.54) is 31.6 Å². The van der Waals surface area contributed by atoms with Crippen molar-refractivity contribution in [3.05, 3.63) is 47.8 Å². The molecule has 7 nitrogen and oxygen atoms in total. The smallest absolute Gasteiger partial charge is 0.341 e. The van der Waals surface area contributed by atoms with Crippen molar-refractivity contribution in [2.75, 3.05) is 25.1 Å². The molecule has 1 N–H and O–H groups in total. The number of carbonyl (C=O) groups excluding carboxylic acids is 2. The Kier molecular flexibility index (Phi) is 4.83. The summed E-state index contributed by atoms with van der Waals surface area (Å²) in [6, 6.07) is 4.01. The second-order valence-corrected chi connectivity index (χ2v) is 8.48. The van der Waals surface area contributed by atoms with Crippen molar-refractivity contribution in [3.63, 3.8) is 0 Å². The molecule has 9 heteroatoms. The molecular formula is C23H21F2N3O4. The average molecular weight is 441 g/mol. The molecule has 0 atom stereocenters. The molecule has 3 aromatic rings. The lowest BCUT2D eigenvalue weighted by molar-refractivity contribution is -0.133. The zero-order chi connectivity index (χ0) is 22.5. The number of rotatable bonds is 4. The summed E-state index contributed by atoms with van der Waals surface area (Å²) in [4.78, 5) is 32.4. The molecule has 2 fully saturated rings. The molecule has 1 aliphatic heterocycles. The minimum absolute atomic E-state index is 0.0526. The number of pyridine rings is 1. The Morgan fingerprint density at radius 2 is 1.91 bits per heavy atom. The number of aromatic amines is 1. The topological polar surface area (TPSA) is 84.5 Å². The molecule has 166 valence electrons. The number of nitrogens with one attached hydrogen (secondary N) is 1. The standard InChI is InChI=1S/C23H21F2N3O4/c1-31-22(30)16-7-17(24)19(28-4-2-23(3-5-28)9-13(29)10-23)8-20(16)32-14-6-15-18(25)12-27-21(15)26-11-14/h6-8,11-12H,2-5,9-10H2,1H3,(H,26,27). The summed E-state index contributed by atoms with van der Waals surface area (Å²) in [5, 5.41) is 0.237. The summed E-state index contributed by atoms with van der Waals surface area (Å²) >= 11 is 0. The first-order valence-electron chi connectivity index (χ1n) is 10.4. The normalized spacial score (nSPS) is 17.5. The van der Waals surface area contributed by atoms with Gasteiger partial charge in [-0.15, -0.1) is 0 Å². The number of piperidine rings is 1. The van der Waals surface area contributed by atoms with Crippen LogP contribution in [0, 0.1) is 17.0 Å². The zero-order valence-electron chi connectivity index (χ0n) is 17.4. The molecule has 1 saturated heterocycles. The molecule has 1 aliphatic carbocycles. The summed E-state index contributed by atoms with van der Waals surface area (Å²) in [6.45, 7) is 1.20. The third-order valence-electron chi connectivity index (χ3n) is 6.45. The predicted octanol–water partition coefficient (Wildman–Crippen LogP) is 4.37. The number of esters is 1. The first-order valence-corrected chi connectivity index (χ1v) is 10.4. The summed E-state index contributed by atoms with van der Waals surface area (Å²) in [5.41, 5.74) is 0.632. The maximum atomic E-state index is 15.0. The highest BCUT2D eigenvalue weighted by atomic mass is 19.1. The van der Waals surface area contributed by atoms with Gasteiger partial charge < -0.3 is 19.4 Å². The quantitative estimate of drug-likeness (QED) is 0.606. The van der Waals surface area contributed by atoms with Crippen LogP contribution in [0.2, 0.25) is 0 Å².